The SMILES string of the molecule is CC(=O)N(C(C)=O)n1cc(Cl)cc(Cl)c1=O. The average molecular weight is 263 g/mol. The van der Waals surface area contributed by atoms with Crippen LogP contribution in [-0.2, 0) is 9.59 Å². The highest BCUT2D eigenvalue weighted by molar-refractivity contribution is 6.34. The van der Waals surface area contributed by atoms with Gasteiger partial charge in [0.1, 0.15) is 5.02 Å². The van der Waals surface area contributed by atoms with Gasteiger partial charge in [-0.3, -0.25) is 14.4 Å². The molecule has 0 aliphatic rings. The zero-order valence-corrected chi connectivity index (χ0v) is 10.0. The van der Waals surface area contributed by atoms with E-state index in [0.717, 1.165) is 24.7 Å². The van der Waals surface area contributed by atoms with Gasteiger partial charge in [-0.25, -0.2) is 4.68 Å². The van der Waals surface area contributed by atoms with Crippen LogP contribution in [0.25, 0.3) is 0 Å². The van der Waals surface area contributed by atoms with E-state index in [1.807, 2.05) is 0 Å². The number of carbonyl (C=O) groups excluding carboxylic acids is 2. The molecule has 1 aromatic rings. The fraction of sp³-hybridized carbons (Fsp3) is 0.222. The van der Waals surface area contributed by atoms with E-state index in [0.29, 0.717) is 5.01 Å². The summed E-state index contributed by atoms with van der Waals surface area (Å²) in [5.41, 5.74) is -0.684. The normalized spacial score (nSPS) is 10.0. The van der Waals surface area contributed by atoms with Gasteiger partial charge in [0.2, 0.25) is 11.8 Å². The molecule has 16 heavy (non-hydrogen) atoms. The molecule has 0 unspecified atom stereocenters. The third-order valence-corrected chi connectivity index (χ3v) is 2.21. The lowest BCUT2D eigenvalue weighted by molar-refractivity contribution is -0.126. The first kappa shape index (κ1) is 12.7. The van der Waals surface area contributed by atoms with Crippen molar-refractivity contribution in [1.82, 2.24) is 4.68 Å². The smallest absolute Gasteiger partial charge is 0.273 e. The number of pyridine rings is 1. The van der Waals surface area contributed by atoms with E-state index in [4.69, 9.17) is 23.2 Å². The Morgan fingerprint density at radius 2 is 1.75 bits per heavy atom. The van der Waals surface area contributed by atoms with Crippen molar-refractivity contribution in [1.29, 1.82) is 0 Å². The van der Waals surface area contributed by atoms with Gasteiger partial charge in [0.25, 0.3) is 5.56 Å². The Labute approximate surface area is 101 Å². The largest absolute Gasteiger partial charge is 0.288 e. The number of halogens is 2. The van der Waals surface area contributed by atoms with Crippen molar-refractivity contribution >= 4 is 35.0 Å². The Morgan fingerprint density at radius 1 is 1.25 bits per heavy atom. The fourth-order valence-electron chi connectivity index (χ4n) is 1.18. The molecular weight excluding hydrogens is 255 g/mol. The molecule has 86 valence electrons. The molecular formula is C9H8Cl2N2O3. The lowest BCUT2D eigenvalue weighted by atomic mass is 10.5. The second kappa shape index (κ2) is 4.67. The maximum absolute atomic E-state index is 11.6. The first-order chi connectivity index (χ1) is 7.34. The van der Waals surface area contributed by atoms with Gasteiger partial charge in [-0.05, 0) is 6.07 Å². The Kier molecular flexibility index (Phi) is 3.72. The van der Waals surface area contributed by atoms with Crippen molar-refractivity contribution in [2.75, 3.05) is 5.01 Å². The third-order valence-electron chi connectivity index (χ3n) is 1.73. The lowest BCUT2D eigenvalue weighted by Crippen LogP contribution is -2.48. The molecule has 1 aromatic heterocycles. The van der Waals surface area contributed by atoms with Crippen molar-refractivity contribution < 1.29 is 9.59 Å². The third kappa shape index (κ3) is 2.43. The molecule has 7 heteroatoms. The van der Waals surface area contributed by atoms with E-state index in [1.165, 1.54) is 6.07 Å². The van der Waals surface area contributed by atoms with Crippen molar-refractivity contribution in [2.45, 2.75) is 13.8 Å². The monoisotopic (exact) mass is 262 g/mol. The number of amides is 2. The molecule has 5 nitrogen and oxygen atoms in total. The Balaban J connectivity index is 3.47. The van der Waals surface area contributed by atoms with Gasteiger partial charge in [0.05, 0.1) is 5.02 Å². The fourth-order valence-corrected chi connectivity index (χ4v) is 1.64. The molecule has 0 radical (unpaired) electrons. The first-order valence-corrected chi connectivity index (χ1v) is 4.99. The Hall–Kier alpha value is -1.33. The van der Waals surface area contributed by atoms with Gasteiger partial charge in [0.15, 0.2) is 0 Å². The van der Waals surface area contributed by atoms with Crippen LogP contribution < -0.4 is 10.6 Å². The van der Waals surface area contributed by atoms with Crippen LogP contribution >= 0.6 is 23.2 Å². The maximum atomic E-state index is 11.6. The molecule has 0 aromatic carbocycles. The second-order valence-electron chi connectivity index (χ2n) is 3.01. The van der Waals surface area contributed by atoms with Crippen LogP contribution in [0.1, 0.15) is 13.8 Å². The molecule has 0 saturated heterocycles. The molecule has 0 N–H and O–H groups in total. The van der Waals surface area contributed by atoms with E-state index in [2.05, 4.69) is 0 Å². The zero-order chi connectivity index (χ0) is 12.5. The molecule has 0 fully saturated rings. The van der Waals surface area contributed by atoms with E-state index < -0.39 is 17.4 Å². The summed E-state index contributed by atoms with van der Waals surface area (Å²) in [6.45, 7) is 2.31. The summed E-state index contributed by atoms with van der Waals surface area (Å²) in [7, 11) is 0. The van der Waals surface area contributed by atoms with E-state index in [-0.39, 0.29) is 10.0 Å². The highest BCUT2D eigenvalue weighted by Gasteiger charge is 2.18. The lowest BCUT2D eigenvalue weighted by Gasteiger charge is -2.19. The van der Waals surface area contributed by atoms with Crippen molar-refractivity contribution in [2.24, 2.45) is 0 Å². The van der Waals surface area contributed by atoms with Gasteiger partial charge in [-0.15, -0.1) is 0 Å². The minimum atomic E-state index is -0.684. The number of nitrogens with zero attached hydrogens (tertiary/aromatic N) is 2. The van der Waals surface area contributed by atoms with E-state index in [1.54, 1.807) is 0 Å². The van der Waals surface area contributed by atoms with Crippen LogP contribution in [0.2, 0.25) is 10.0 Å². The van der Waals surface area contributed by atoms with Gasteiger partial charge in [-0.1, -0.05) is 23.2 Å². The summed E-state index contributed by atoms with van der Waals surface area (Å²) >= 11 is 11.3. The van der Waals surface area contributed by atoms with Gasteiger partial charge >= 0.3 is 0 Å². The topological polar surface area (TPSA) is 59.4 Å². The summed E-state index contributed by atoms with van der Waals surface area (Å²) in [4.78, 5) is 34.0. The van der Waals surface area contributed by atoms with Gasteiger partial charge < -0.3 is 0 Å². The predicted octanol–water partition coefficient (Wildman–Crippen LogP) is 1.19. The first-order valence-electron chi connectivity index (χ1n) is 4.24. The molecule has 0 aliphatic heterocycles. The minimum absolute atomic E-state index is 0.150. The molecule has 1 heterocycles. The Bertz CT molecular complexity index is 496. The molecule has 0 atom stereocenters. The van der Waals surface area contributed by atoms with Crippen LogP contribution in [0.5, 0.6) is 0 Å². The summed E-state index contributed by atoms with van der Waals surface area (Å²) < 4.78 is 0.787. The van der Waals surface area contributed by atoms with E-state index in [9.17, 15) is 14.4 Å². The minimum Gasteiger partial charge on any atom is -0.273 e. The second-order valence-corrected chi connectivity index (χ2v) is 3.85. The van der Waals surface area contributed by atoms with Crippen LogP contribution in [-0.4, -0.2) is 16.5 Å². The molecule has 0 saturated carbocycles. The summed E-state index contributed by atoms with van der Waals surface area (Å²) in [5.74, 6) is -1.21. The summed E-state index contributed by atoms with van der Waals surface area (Å²) in [5, 5.41) is 0.636. The van der Waals surface area contributed by atoms with Crippen LogP contribution in [0, 0.1) is 0 Å². The average Bonchev–Trinajstić information content (AvgIpc) is 2.12. The van der Waals surface area contributed by atoms with Crippen molar-refractivity contribution in [3.63, 3.8) is 0 Å². The number of aromatic nitrogens is 1. The highest BCUT2D eigenvalue weighted by atomic mass is 35.5. The number of imide groups is 1. The number of carbonyl (C=O) groups is 2. The van der Waals surface area contributed by atoms with E-state index >= 15 is 0 Å². The summed E-state index contributed by atoms with van der Waals surface area (Å²) in [6.07, 6.45) is 1.15. The summed E-state index contributed by atoms with van der Waals surface area (Å²) in [6, 6.07) is 1.24. The molecule has 0 aliphatic carbocycles. The number of hydrogen-bond donors (Lipinski definition) is 0. The molecule has 0 bridgehead atoms. The molecule has 0 spiro atoms. The van der Waals surface area contributed by atoms with Gasteiger partial charge in [0, 0.05) is 20.0 Å². The standard InChI is InChI=1S/C9H8Cl2N2O3/c1-5(14)13(6(2)15)12-4-7(10)3-8(11)9(12)16/h3-4H,1-2H3. The van der Waals surface area contributed by atoms with Crippen molar-refractivity contribution in [3.8, 4) is 0 Å². The zero-order valence-electron chi connectivity index (χ0n) is 8.53. The van der Waals surface area contributed by atoms with Crippen LogP contribution in [0.15, 0.2) is 17.1 Å². The molecule has 2 amide bonds. The Morgan fingerprint density at radius 3 is 2.19 bits per heavy atom. The van der Waals surface area contributed by atoms with Crippen LogP contribution in [0.4, 0.5) is 0 Å². The molecule has 1 rings (SSSR count). The highest BCUT2D eigenvalue weighted by Crippen LogP contribution is 2.11. The maximum Gasteiger partial charge on any atom is 0.288 e. The number of hydrogen-bond acceptors (Lipinski definition) is 3. The predicted molar refractivity (Wildman–Crippen MR) is 60.3 cm³/mol. The van der Waals surface area contributed by atoms with Crippen molar-refractivity contribution in [3.05, 3.63) is 32.7 Å². The van der Waals surface area contributed by atoms with Gasteiger partial charge in [-0.2, -0.15) is 5.01 Å². The quantitative estimate of drug-likeness (QED) is 0.764. The van der Waals surface area contributed by atoms with Crippen LogP contribution in [0.3, 0.4) is 0 Å². The number of rotatable bonds is 1.